The van der Waals surface area contributed by atoms with E-state index >= 15 is 0 Å². The van der Waals surface area contributed by atoms with Crippen LogP contribution in [0.2, 0.25) is 0 Å². The van der Waals surface area contributed by atoms with Crippen molar-refractivity contribution < 1.29 is 23.1 Å². The number of hydrogen-bond donors (Lipinski definition) is 1. The van der Waals surface area contributed by atoms with Crippen molar-refractivity contribution in [2.45, 2.75) is 26.2 Å². The van der Waals surface area contributed by atoms with Crippen molar-refractivity contribution in [2.24, 2.45) is 0 Å². The van der Waals surface area contributed by atoms with E-state index in [1.165, 1.54) is 14.2 Å². The highest BCUT2D eigenvalue weighted by Gasteiger charge is 2.33. The van der Waals surface area contributed by atoms with Gasteiger partial charge in [-0.05, 0) is 36.6 Å². The molecular weight excluding hydrogens is 317 g/mol. The summed E-state index contributed by atoms with van der Waals surface area (Å²) in [6, 6.07) is 5.75. The molecule has 1 N–H and O–H groups in total. The summed E-state index contributed by atoms with van der Waals surface area (Å²) in [6.45, 7) is 3.87. The molecule has 0 aliphatic heterocycles. The Morgan fingerprint density at radius 3 is 2.48 bits per heavy atom. The standard InChI is InChI=1S/C16H22NO5P/c1-10(8-15(18)23(19,21-4)22-5)16-11(2)17-14-7-6-12(20-3)9-13(14)16/h6-7,9-10,17H,8H2,1-5H3/t10-/m0/s1. The van der Waals surface area contributed by atoms with Crippen molar-refractivity contribution in [3.05, 3.63) is 29.5 Å². The molecule has 0 radical (unpaired) electrons. The predicted octanol–water partition coefficient (Wildman–Crippen LogP) is 3.99. The summed E-state index contributed by atoms with van der Waals surface area (Å²) in [6.07, 6.45) is 0.0734. The predicted molar refractivity (Wildman–Crippen MR) is 89.3 cm³/mol. The van der Waals surface area contributed by atoms with Crippen LogP contribution in [0.4, 0.5) is 0 Å². The van der Waals surface area contributed by atoms with E-state index in [1.54, 1.807) is 7.11 Å². The van der Waals surface area contributed by atoms with E-state index in [-0.39, 0.29) is 12.3 Å². The molecule has 0 saturated carbocycles. The Morgan fingerprint density at radius 2 is 1.91 bits per heavy atom. The third-order valence-corrected chi connectivity index (χ3v) is 5.76. The molecule has 23 heavy (non-hydrogen) atoms. The first-order valence-electron chi connectivity index (χ1n) is 7.27. The van der Waals surface area contributed by atoms with E-state index in [4.69, 9.17) is 13.8 Å². The lowest BCUT2D eigenvalue weighted by molar-refractivity contribution is -0.114. The van der Waals surface area contributed by atoms with Crippen molar-refractivity contribution in [1.82, 2.24) is 4.98 Å². The minimum Gasteiger partial charge on any atom is -0.497 e. The lowest BCUT2D eigenvalue weighted by Gasteiger charge is -2.16. The Balaban J connectivity index is 2.37. The number of carbonyl (C=O) groups excluding carboxylic acids is 1. The Hall–Kier alpha value is -1.62. The van der Waals surface area contributed by atoms with Gasteiger partial charge >= 0.3 is 7.60 Å². The average molecular weight is 339 g/mol. The van der Waals surface area contributed by atoms with E-state index < -0.39 is 13.1 Å². The molecule has 2 aromatic rings. The molecule has 0 amide bonds. The zero-order valence-corrected chi connectivity index (χ0v) is 14.9. The van der Waals surface area contributed by atoms with E-state index in [0.717, 1.165) is 27.9 Å². The maximum Gasteiger partial charge on any atom is 0.396 e. The van der Waals surface area contributed by atoms with Crippen LogP contribution in [0.25, 0.3) is 10.9 Å². The number of hydrogen-bond acceptors (Lipinski definition) is 5. The second-order valence-electron chi connectivity index (χ2n) is 5.44. The summed E-state index contributed by atoms with van der Waals surface area (Å²) in [4.78, 5) is 15.6. The number of benzene rings is 1. The van der Waals surface area contributed by atoms with E-state index in [0.29, 0.717) is 0 Å². The number of rotatable bonds is 7. The molecule has 2 rings (SSSR count). The van der Waals surface area contributed by atoms with Crippen LogP contribution in [0.3, 0.4) is 0 Å². The number of H-pyrrole nitrogens is 1. The minimum atomic E-state index is -3.69. The fourth-order valence-electron chi connectivity index (χ4n) is 2.84. The number of methoxy groups -OCH3 is 1. The van der Waals surface area contributed by atoms with Crippen LogP contribution in [0.5, 0.6) is 5.75 Å². The molecule has 1 aromatic heterocycles. The van der Waals surface area contributed by atoms with E-state index in [2.05, 4.69) is 4.98 Å². The first-order chi connectivity index (χ1) is 10.9. The van der Waals surface area contributed by atoms with Gasteiger partial charge in [-0.1, -0.05) is 6.92 Å². The molecular formula is C16H22NO5P. The SMILES string of the molecule is COc1ccc2[nH]c(C)c([C@@H](C)CC(=O)P(=O)(OC)OC)c2c1. The van der Waals surface area contributed by atoms with Gasteiger partial charge in [0.2, 0.25) is 5.52 Å². The third kappa shape index (κ3) is 3.34. The molecule has 0 aliphatic carbocycles. The van der Waals surface area contributed by atoms with Crippen LogP contribution in [0.15, 0.2) is 18.2 Å². The number of fused-ring (bicyclic) bond motifs is 1. The normalized spacial score (nSPS) is 13.3. The van der Waals surface area contributed by atoms with Gasteiger partial charge in [0, 0.05) is 37.2 Å². The van der Waals surface area contributed by atoms with Gasteiger partial charge in [-0.25, -0.2) is 0 Å². The van der Waals surface area contributed by atoms with Crippen LogP contribution < -0.4 is 4.74 Å². The fourth-order valence-corrected chi connectivity index (χ4v) is 3.90. The molecule has 0 aliphatic rings. The molecule has 0 saturated heterocycles. The molecule has 0 fully saturated rings. The van der Waals surface area contributed by atoms with Gasteiger partial charge in [0.15, 0.2) is 0 Å². The van der Waals surface area contributed by atoms with Crippen molar-refractivity contribution in [3.8, 4) is 5.75 Å². The highest BCUT2D eigenvalue weighted by molar-refractivity contribution is 7.71. The monoisotopic (exact) mass is 339 g/mol. The molecule has 0 spiro atoms. The lowest BCUT2D eigenvalue weighted by Crippen LogP contribution is -2.08. The summed E-state index contributed by atoms with van der Waals surface area (Å²) < 4.78 is 27.0. The van der Waals surface area contributed by atoms with Gasteiger partial charge in [-0.3, -0.25) is 9.36 Å². The minimum absolute atomic E-state index is 0.0734. The average Bonchev–Trinajstić information content (AvgIpc) is 2.88. The second kappa shape index (κ2) is 6.87. The Labute approximate surface area is 135 Å². The Kier molecular flexibility index (Phi) is 5.30. The summed E-state index contributed by atoms with van der Waals surface area (Å²) in [5, 5.41) is 0.992. The third-order valence-electron chi connectivity index (χ3n) is 4.00. The van der Waals surface area contributed by atoms with Crippen LogP contribution in [-0.2, 0) is 18.4 Å². The number of aromatic amines is 1. The van der Waals surface area contributed by atoms with Crippen LogP contribution in [0.1, 0.15) is 30.5 Å². The smallest absolute Gasteiger partial charge is 0.396 e. The van der Waals surface area contributed by atoms with Crippen LogP contribution in [0, 0.1) is 6.92 Å². The van der Waals surface area contributed by atoms with Gasteiger partial charge in [0.25, 0.3) is 0 Å². The summed E-state index contributed by atoms with van der Waals surface area (Å²) >= 11 is 0. The highest BCUT2D eigenvalue weighted by atomic mass is 31.2. The van der Waals surface area contributed by atoms with E-state index in [9.17, 15) is 9.36 Å². The Morgan fingerprint density at radius 1 is 1.26 bits per heavy atom. The number of aryl methyl sites for hydroxylation is 1. The first-order valence-corrected chi connectivity index (χ1v) is 8.81. The summed E-state index contributed by atoms with van der Waals surface area (Å²) in [7, 11) is 0.353. The van der Waals surface area contributed by atoms with Crippen molar-refractivity contribution >= 4 is 24.0 Å². The maximum absolute atomic E-state index is 12.3. The zero-order chi connectivity index (χ0) is 17.2. The fraction of sp³-hybridized carbons (Fsp3) is 0.438. The number of ether oxygens (including phenoxy) is 1. The summed E-state index contributed by atoms with van der Waals surface area (Å²) in [5.74, 6) is 0.609. The van der Waals surface area contributed by atoms with Gasteiger partial charge in [0.1, 0.15) is 5.75 Å². The van der Waals surface area contributed by atoms with Gasteiger partial charge in [-0.2, -0.15) is 0 Å². The second-order valence-corrected chi connectivity index (χ2v) is 7.66. The maximum atomic E-state index is 12.3. The van der Waals surface area contributed by atoms with Crippen molar-refractivity contribution in [2.75, 3.05) is 21.3 Å². The van der Waals surface area contributed by atoms with Crippen LogP contribution in [-0.4, -0.2) is 31.8 Å². The largest absolute Gasteiger partial charge is 0.497 e. The molecule has 0 bridgehead atoms. The van der Waals surface area contributed by atoms with Gasteiger partial charge < -0.3 is 18.8 Å². The summed E-state index contributed by atoms with van der Waals surface area (Å²) in [5.41, 5.74) is 2.43. The molecule has 1 atom stereocenters. The molecule has 1 heterocycles. The first kappa shape index (κ1) is 17.7. The number of carbonyl (C=O) groups is 1. The topological polar surface area (TPSA) is 77.6 Å². The molecule has 126 valence electrons. The van der Waals surface area contributed by atoms with Gasteiger partial charge in [-0.15, -0.1) is 0 Å². The van der Waals surface area contributed by atoms with Crippen molar-refractivity contribution in [3.63, 3.8) is 0 Å². The van der Waals surface area contributed by atoms with Crippen molar-refractivity contribution in [1.29, 1.82) is 0 Å². The molecule has 7 heteroatoms. The lowest BCUT2D eigenvalue weighted by atomic mass is 9.95. The Bertz CT molecular complexity index is 759. The van der Waals surface area contributed by atoms with E-state index in [1.807, 2.05) is 32.0 Å². The van der Waals surface area contributed by atoms with Gasteiger partial charge in [0.05, 0.1) is 7.11 Å². The zero-order valence-electron chi connectivity index (χ0n) is 14.0. The molecule has 0 unspecified atom stereocenters. The number of aromatic nitrogens is 1. The number of nitrogens with one attached hydrogen (secondary N) is 1. The highest BCUT2D eigenvalue weighted by Crippen LogP contribution is 2.50. The van der Waals surface area contributed by atoms with Crippen LogP contribution >= 0.6 is 7.60 Å². The quantitative estimate of drug-likeness (QED) is 0.772. The molecule has 1 aromatic carbocycles. The molecule has 6 nitrogen and oxygen atoms in total.